The van der Waals surface area contributed by atoms with Crippen LogP contribution in [0.25, 0.3) is 16.9 Å². The Morgan fingerprint density at radius 2 is 1.86 bits per heavy atom. The van der Waals surface area contributed by atoms with E-state index in [2.05, 4.69) is 22.5 Å². The van der Waals surface area contributed by atoms with Crippen molar-refractivity contribution >= 4 is 23.2 Å². The number of anilines is 2. The molecule has 2 amide bonds. The highest BCUT2D eigenvalue weighted by Crippen LogP contribution is 2.29. The Morgan fingerprint density at radius 3 is 2.64 bits per heavy atom. The van der Waals surface area contributed by atoms with Crippen molar-refractivity contribution in [2.24, 2.45) is 0 Å². The summed E-state index contributed by atoms with van der Waals surface area (Å²) in [6.07, 6.45) is 2.71. The van der Waals surface area contributed by atoms with Crippen molar-refractivity contribution in [3.63, 3.8) is 0 Å². The van der Waals surface area contributed by atoms with E-state index in [1.54, 1.807) is 16.5 Å². The number of aryl methyl sites for hydroxylation is 1. The number of nitrogens with zero attached hydrogens (tertiary/aromatic N) is 2. The number of carbonyl (C=O) groups excluding carboxylic acids is 1. The molecule has 0 bridgehead atoms. The topological polar surface area (TPSA) is 58.4 Å². The molecule has 0 aliphatic carbocycles. The predicted molar refractivity (Wildman–Crippen MR) is 109 cm³/mol. The molecule has 0 spiro atoms. The Balaban J connectivity index is 1.68. The molecule has 2 aromatic carbocycles. The van der Waals surface area contributed by atoms with Crippen LogP contribution in [-0.4, -0.2) is 15.4 Å². The number of benzene rings is 2. The molecule has 0 saturated heterocycles. The number of halogens is 1. The summed E-state index contributed by atoms with van der Waals surface area (Å²) in [7, 11) is 0. The molecular formula is C22H19FN4O. The minimum absolute atomic E-state index is 0.324. The maximum absolute atomic E-state index is 13.3. The van der Waals surface area contributed by atoms with Crippen molar-refractivity contribution in [3.8, 4) is 11.3 Å². The van der Waals surface area contributed by atoms with E-state index < -0.39 is 0 Å². The van der Waals surface area contributed by atoms with Gasteiger partial charge in [0.25, 0.3) is 0 Å². The summed E-state index contributed by atoms with van der Waals surface area (Å²) in [6.45, 7) is 2.06. The Labute approximate surface area is 161 Å². The Kier molecular flexibility index (Phi) is 4.76. The Morgan fingerprint density at radius 1 is 1.04 bits per heavy atom. The van der Waals surface area contributed by atoms with E-state index in [0.29, 0.717) is 28.4 Å². The van der Waals surface area contributed by atoms with Crippen molar-refractivity contribution < 1.29 is 9.18 Å². The van der Waals surface area contributed by atoms with Gasteiger partial charge in [-0.2, -0.15) is 0 Å². The minimum Gasteiger partial charge on any atom is -0.308 e. The lowest BCUT2D eigenvalue weighted by Gasteiger charge is -2.10. The average Bonchev–Trinajstić information content (AvgIpc) is 3.07. The van der Waals surface area contributed by atoms with E-state index in [0.717, 1.165) is 12.0 Å². The van der Waals surface area contributed by atoms with Crippen molar-refractivity contribution in [2.75, 3.05) is 10.6 Å². The van der Waals surface area contributed by atoms with Crippen LogP contribution in [-0.2, 0) is 6.42 Å². The molecule has 4 aromatic rings. The molecule has 5 nitrogen and oxygen atoms in total. The molecule has 6 heteroatoms. The standard InChI is InChI=1S/C22H19FN4O/c1-2-15-6-5-7-18(14-15)24-22(28)26-21-20(16-9-11-17(23)12-10-16)25-19-8-3-4-13-27(19)21/h3-14H,2H2,1H3,(H2,24,26,28). The number of nitrogens with one attached hydrogen (secondary N) is 2. The van der Waals surface area contributed by atoms with Crippen molar-refractivity contribution in [2.45, 2.75) is 13.3 Å². The summed E-state index contributed by atoms with van der Waals surface area (Å²) in [4.78, 5) is 17.2. The minimum atomic E-state index is -0.373. The molecule has 0 saturated carbocycles. The zero-order valence-corrected chi connectivity index (χ0v) is 15.3. The highest BCUT2D eigenvalue weighted by atomic mass is 19.1. The fraction of sp³-hybridized carbons (Fsp3) is 0.0909. The Bertz CT molecular complexity index is 1130. The van der Waals surface area contributed by atoms with Gasteiger partial charge in [-0.3, -0.25) is 9.72 Å². The first-order valence-corrected chi connectivity index (χ1v) is 9.04. The van der Waals surface area contributed by atoms with Gasteiger partial charge in [0.1, 0.15) is 23.0 Å². The third-order valence-electron chi connectivity index (χ3n) is 4.47. The first kappa shape index (κ1) is 17.7. The van der Waals surface area contributed by atoms with E-state index in [9.17, 15) is 9.18 Å². The van der Waals surface area contributed by atoms with Gasteiger partial charge in [-0.05, 0) is 60.5 Å². The molecule has 0 aliphatic heterocycles. The second kappa shape index (κ2) is 7.52. The summed E-state index contributed by atoms with van der Waals surface area (Å²) in [5.74, 6) is 0.196. The maximum atomic E-state index is 13.3. The van der Waals surface area contributed by atoms with Crippen LogP contribution in [0, 0.1) is 5.82 Å². The van der Waals surface area contributed by atoms with Gasteiger partial charge in [-0.1, -0.05) is 25.1 Å². The number of amides is 2. The third kappa shape index (κ3) is 3.57. The van der Waals surface area contributed by atoms with Gasteiger partial charge in [0.2, 0.25) is 0 Å². The van der Waals surface area contributed by atoms with Crippen LogP contribution in [0.5, 0.6) is 0 Å². The smallest absolute Gasteiger partial charge is 0.308 e. The number of rotatable bonds is 4. The number of hydrogen-bond acceptors (Lipinski definition) is 2. The van der Waals surface area contributed by atoms with E-state index in [4.69, 9.17) is 0 Å². The van der Waals surface area contributed by atoms with Gasteiger partial charge in [0.05, 0.1) is 0 Å². The third-order valence-corrected chi connectivity index (χ3v) is 4.47. The van der Waals surface area contributed by atoms with Crippen LogP contribution >= 0.6 is 0 Å². The van der Waals surface area contributed by atoms with E-state index in [1.807, 2.05) is 48.7 Å². The molecule has 140 valence electrons. The fourth-order valence-electron chi connectivity index (χ4n) is 3.06. The van der Waals surface area contributed by atoms with Crippen LogP contribution < -0.4 is 10.6 Å². The van der Waals surface area contributed by atoms with Crippen molar-refractivity contribution in [3.05, 3.63) is 84.3 Å². The first-order valence-electron chi connectivity index (χ1n) is 9.04. The summed E-state index contributed by atoms with van der Waals surface area (Å²) < 4.78 is 15.1. The summed E-state index contributed by atoms with van der Waals surface area (Å²) in [5.41, 5.74) is 3.83. The van der Waals surface area contributed by atoms with Gasteiger partial charge < -0.3 is 5.32 Å². The zero-order chi connectivity index (χ0) is 19.5. The van der Waals surface area contributed by atoms with Crippen molar-refractivity contribution in [1.29, 1.82) is 0 Å². The molecule has 0 radical (unpaired) electrons. The summed E-state index contributed by atoms with van der Waals surface area (Å²) in [6, 6.07) is 18.9. The van der Waals surface area contributed by atoms with Crippen LogP contribution in [0.1, 0.15) is 12.5 Å². The lowest BCUT2D eigenvalue weighted by atomic mass is 10.1. The fourth-order valence-corrected chi connectivity index (χ4v) is 3.06. The van der Waals surface area contributed by atoms with Gasteiger partial charge in [0, 0.05) is 17.4 Å². The molecule has 28 heavy (non-hydrogen) atoms. The van der Waals surface area contributed by atoms with Crippen LogP contribution in [0.2, 0.25) is 0 Å². The van der Waals surface area contributed by atoms with Gasteiger partial charge in [0.15, 0.2) is 0 Å². The van der Waals surface area contributed by atoms with Crippen molar-refractivity contribution in [1.82, 2.24) is 9.38 Å². The molecule has 2 aromatic heterocycles. The molecule has 0 atom stereocenters. The lowest BCUT2D eigenvalue weighted by Crippen LogP contribution is -2.20. The average molecular weight is 374 g/mol. The largest absolute Gasteiger partial charge is 0.324 e. The number of pyridine rings is 1. The lowest BCUT2D eigenvalue weighted by molar-refractivity contribution is 0.262. The number of hydrogen-bond donors (Lipinski definition) is 2. The van der Waals surface area contributed by atoms with Crippen LogP contribution in [0.4, 0.5) is 20.7 Å². The van der Waals surface area contributed by atoms with E-state index in [1.165, 1.54) is 12.1 Å². The van der Waals surface area contributed by atoms with Gasteiger partial charge >= 0.3 is 6.03 Å². The molecule has 2 N–H and O–H groups in total. The Hall–Kier alpha value is -3.67. The zero-order valence-electron chi connectivity index (χ0n) is 15.3. The number of urea groups is 1. The molecule has 2 heterocycles. The highest BCUT2D eigenvalue weighted by molar-refractivity contribution is 6.01. The highest BCUT2D eigenvalue weighted by Gasteiger charge is 2.16. The van der Waals surface area contributed by atoms with Crippen LogP contribution in [0.3, 0.4) is 0 Å². The van der Waals surface area contributed by atoms with Gasteiger partial charge in [-0.15, -0.1) is 0 Å². The predicted octanol–water partition coefficient (Wildman–Crippen LogP) is 5.35. The van der Waals surface area contributed by atoms with E-state index >= 15 is 0 Å². The summed E-state index contributed by atoms with van der Waals surface area (Å²) >= 11 is 0. The van der Waals surface area contributed by atoms with E-state index in [-0.39, 0.29) is 11.8 Å². The SMILES string of the molecule is CCc1cccc(NC(=O)Nc2c(-c3ccc(F)cc3)nc3ccccn23)c1. The van der Waals surface area contributed by atoms with Gasteiger partial charge in [-0.25, -0.2) is 14.2 Å². The monoisotopic (exact) mass is 374 g/mol. The molecule has 0 unspecified atom stereocenters. The first-order chi connectivity index (χ1) is 13.6. The quantitative estimate of drug-likeness (QED) is 0.506. The maximum Gasteiger partial charge on any atom is 0.324 e. The summed E-state index contributed by atoms with van der Waals surface area (Å²) in [5, 5.41) is 5.75. The second-order valence-electron chi connectivity index (χ2n) is 6.38. The molecule has 4 rings (SSSR count). The normalized spacial score (nSPS) is 10.8. The van der Waals surface area contributed by atoms with Crippen LogP contribution in [0.15, 0.2) is 72.9 Å². The second-order valence-corrected chi connectivity index (χ2v) is 6.38. The number of carbonyl (C=O) groups is 1. The number of imidazole rings is 1. The molecule has 0 aliphatic rings. The number of fused-ring (bicyclic) bond motifs is 1. The number of aromatic nitrogens is 2. The molecule has 0 fully saturated rings. The molecular weight excluding hydrogens is 355 g/mol.